The van der Waals surface area contributed by atoms with E-state index in [-0.39, 0.29) is 0 Å². The summed E-state index contributed by atoms with van der Waals surface area (Å²) >= 11 is 0. The Morgan fingerprint density at radius 2 is 1.65 bits per heavy atom. The average molecular weight is 276 g/mol. The van der Waals surface area contributed by atoms with E-state index in [4.69, 9.17) is 0 Å². The second-order valence-electron chi connectivity index (χ2n) is 5.45. The maximum atomic E-state index is 3.78. The highest BCUT2D eigenvalue weighted by Gasteiger charge is 2.18. The van der Waals surface area contributed by atoms with Crippen LogP contribution in [0.2, 0.25) is 0 Å². The molecule has 2 nitrogen and oxygen atoms in total. The van der Waals surface area contributed by atoms with Crippen molar-refractivity contribution < 1.29 is 0 Å². The fraction of sp³-hybridized carbons (Fsp3) is 0.667. The highest BCUT2D eigenvalue weighted by Crippen LogP contribution is 2.20. The molecule has 0 bridgehead atoms. The first-order valence-corrected chi connectivity index (χ1v) is 8.29. The van der Waals surface area contributed by atoms with Gasteiger partial charge in [0.1, 0.15) is 0 Å². The number of benzene rings is 1. The molecular formula is C18H32N2. The molecule has 0 amide bonds. The average Bonchev–Trinajstić information content (AvgIpc) is 2.51. The minimum atomic E-state index is 0.483. The predicted octanol–water partition coefficient (Wildman–Crippen LogP) is 4.24. The summed E-state index contributed by atoms with van der Waals surface area (Å²) in [7, 11) is 0. The first kappa shape index (κ1) is 17.2. The molecule has 1 rings (SSSR count). The molecule has 0 spiro atoms. The van der Waals surface area contributed by atoms with Crippen LogP contribution in [0.4, 0.5) is 0 Å². The van der Waals surface area contributed by atoms with E-state index in [1.165, 1.54) is 24.8 Å². The van der Waals surface area contributed by atoms with Crippen LogP contribution in [-0.4, -0.2) is 30.6 Å². The topological polar surface area (TPSA) is 15.3 Å². The van der Waals surface area contributed by atoms with Crippen LogP contribution in [0.5, 0.6) is 0 Å². The molecule has 20 heavy (non-hydrogen) atoms. The van der Waals surface area contributed by atoms with E-state index < -0.39 is 0 Å². The standard InChI is InChI=1S/C18H32N2/c1-5-12-17(6-2)19-15-18(20(7-3)8-4)16-13-10-9-11-14-16/h9-11,13-14,17-19H,5-8,12,15H2,1-4H3. The molecule has 0 radical (unpaired) electrons. The van der Waals surface area contributed by atoms with Crippen LogP contribution in [-0.2, 0) is 0 Å². The van der Waals surface area contributed by atoms with Gasteiger partial charge in [0.05, 0.1) is 0 Å². The van der Waals surface area contributed by atoms with Gasteiger partial charge in [0, 0.05) is 18.6 Å². The summed E-state index contributed by atoms with van der Waals surface area (Å²) in [5.74, 6) is 0. The zero-order valence-electron chi connectivity index (χ0n) is 13.7. The summed E-state index contributed by atoms with van der Waals surface area (Å²) in [5, 5.41) is 3.78. The second-order valence-corrected chi connectivity index (χ2v) is 5.45. The Hall–Kier alpha value is -0.860. The predicted molar refractivity (Wildman–Crippen MR) is 89.1 cm³/mol. The molecule has 1 N–H and O–H groups in total. The summed E-state index contributed by atoms with van der Waals surface area (Å²) in [6, 6.07) is 12.0. The third-order valence-electron chi connectivity index (χ3n) is 4.17. The maximum Gasteiger partial charge on any atom is 0.0472 e. The monoisotopic (exact) mass is 276 g/mol. The fourth-order valence-corrected chi connectivity index (χ4v) is 2.87. The number of nitrogens with zero attached hydrogens (tertiary/aromatic N) is 1. The summed E-state index contributed by atoms with van der Waals surface area (Å²) in [6.07, 6.45) is 3.75. The second kappa shape index (κ2) is 9.95. The third-order valence-corrected chi connectivity index (χ3v) is 4.17. The van der Waals surface area contributed by atoms with Gasteiger partial charge >= 0.3 is 0 Å². The summed E-state index contributed by atoms with van der Waals surface area (Å²) in [6.45, 7) is 12.3. The molecule has 0 fully saturated rings. The van der Waals surface area contributed by atoms with Gasteiger partial charge in [0.25, 0.3) is 0 Å². The van der Waals surface area contributed by atoms with Gasteiger partial charge in [-0.3, -0.25) is 4.90 Å². The van der Waals surface area contributed by atoms with Crippen LogP contribution in [0.15, 0.2) is 30.3 Å². The van der Waals surface area contributed by atoms with Crippen molar-refractivity contribution in [2.24, 2.45) is 0 Å². The van der Waals surface area contributed by atoms with Crippen molar-refractivity contribution in [2.75, 3.05) is 19.6 Å². The normalized spacial score (nSPS) is 14.4. The molecule has 1 aromatic carbocycles. The minimum absolute atomic E-state index is 0.483. The highest BCUT2D eigenvalue weighted by atomic mass is 15.2. The van der Waals surface area contributed by atoms with Crippen molar-refractivity contribution in [1.29, 1.82) is 0 Å². The van der Waals surface area contributed by atoms with Gasteiger partial charge in [0.2, 0.25) is 0 Å². The molecule has 1 aromatic rings. The first-order valence-electron chi connectivity index (χ1n) is 8.29. The van der Waals surface area contributed by atoms with Crippen molar-refractivity contribution in [3.05, 3.63) is 35.9 Å². The van der Waals surface area contributed by atoms with Crippen LogP contribution in [0.25, 0.3) is 0 Å². The molecule has 0 aliphatic rings. The summed E-state index contributed by atoms with van der Waals surface area (Å²) < 4.78 is 0. The van der Waals surface area contributed by atoms with Crippen molar-refractivity contribution in [3.8, 4) is 0 Å². The molecule has 0 aromatic heterocycles. The molecule has 0 saturated carbocycles. The van der Waals surface area contributed by atoms with Gasteiger partial charge in [-0.1, -0.05) is 64.4 Å². The fourth-order valence-electron chi connectivity index (χ4n) is 2.87. The van der Waals surface area contributed by atoms with E-state index in [0.29, 0.717) is 12.1 Å². The molecule has 2 unspecified atom stereocenters. The zero-order chi connectivity index (χ0) is 14.8. The Bertz CT molecular complexity index is 333. The maximum absolute atomic E-state index is 3.78. The first-order chi connectivity index (χ1) is 9.76. The SMILES string of the molecule is CCCC(CC)NCC(c1ccccc1)N(CC)CC. The molecule has 0 aliphatic carbocycles. The Balaban J connectivity index is 2.73. The summed E-state index contributed by atoms with van der Waals surface area (Å²) in [4.78, 5) is 2.54. The Kier molecular flexibility index (Phi) is 8.56. The zero-order valence-corrected chi connectivity index (χ0v) is 13.7. The van der Waals surface area contributed by atoms with E-state index >= 15 is 0 Å². The van der Waals surface area contributed by atoms with Crippen molar-refractivity contribution >= 4 is 0 Å². The van der Waals surface area contributed by atoms with Crippen LogP contribution in [0, 0.1) is 0 Å². The van der Waals surface area contributed by atoms with Gasteiger partial charge in [-0.15, -0.1) is 0 Å². The largest absolute Gasteiger partial charge is 0.312 e. The van der Waals surface area contributed by atoms with E-state index in [1.54, 1.807) is 0 Å². The molecule has 0 saturated heterocycles. The highest BCUT2D eigenvalue weighted by molar-refractivity contribution is 5.19. The number of likely N-dealkylation sites (N-methyl/N-ethyl adjacent to an activating group) is 1. The lowest BCUT2D eigenvalue weighted by molar-refractivity contribution is 0.206. The van der Waals surface area contributed by atoms with Gasteiger partial charge < -0.3 is 5.32 Å². The number of rotatable bonds is 10. The van der Waals surface area contributed by atoms with E-state index in [0.717, 1.165) is 19.6 Å². The number of hydrogen-bond acceptors (Lipinski definition) is 2. The van der Waals surface area contributed by atoms with Gasteiger partial charge in [-0.25, -0.2) is 0 Å². The third kappa shape index (κ3) is 5.26. The summed E-state index contributed by atoms with van der Waals surface area (Å²) in [5.41, 5.74) is 1.43. The smallest absolute Gasteiger partial charge is 0.0472 e. The van der Waals surface area contributed by atoms with E-state index in [9.17, 15) is 0 Å². The van der Waals surface area contributed by atoms with Gasteiger partial charge in [-0.2, -0.15) is 0 Å². The molecule has 0 heterocycles. The van der Waals surface area contributed by atoms with Crippen LogP contribution < -0.4 is 5.32 Å². The molecule has 2 heteroatoms. The quantitative estimate of drug-likeness (QED) is 0.687. The van der Waals surface area contributed by atoms with E-state index in [2.05, 4.69) is 68.2 Å². The molecule has 2 atom stereocenters. The Morgan fingerprint density at radius 1 is 1.00 bits per heavy atom. The van der Waals surface area contributed by atoms with Crippen LogP contribution in [0.3, 0.4) is 0 Å². The van der Waals surface area contributed by atoms with Crippen molar-refractivity contribution in [2.45, 2.75) is 59.0 Å². The molecule has 114 valence electrons. The van der Waals surface area contributed by atoms with E-state index in [1.807, 2.05) is 0 Å². The molecular weight excluding hydrogens is 244 g/mol. The van der Waals surface area contributed by atoms with Gasteiger partial charge in [-0.05, 0) is 31.5 Å². The Morgan fingerprint density at radius 3 is 2.15 bits per heavy atom. The van der Waals surface area contributed by atoms with Crippen LogP contribution >= 0.6 is 0 Å². The Labute approximate surface area is 125 Å². The van der Waals surface area contributed by atoms with Crippen molar-refractivity contribution in [1.82, 2.24) is 10.2 Å². The number of nitrogens with one attached hydrogen (secondary N) is 1. The van der Waals surface area contributed by atoms with Crippen molar-refractivity contribution in [3.63, 3.8) is 0 Å². The lowest BCUT2D eigenvalue weighted by Crippen LogP contribution is -2.39. The minimum Gasteiger partial charge on any atom is -0.312 e. The van der Waals surface area contributed by atoms with Gasteiger partial charge in [0.15, 0.2) is 0 Å². The lowest BCUT2D eigenvalue weighted by atomic mass is 10.0. The molecule has 0 aliphatic heterocycles. The lowest BCUT2D eigenvalue weighted by Gasteiger charge is -2.32. The number of hydrogen-bond donors (Lipinski definition) is 1. The van der Waals surface area contributed by atoms with Crippen LogP contribution in [0.1, 0.15) is 58.6 Å².